The fourth-order valence-corrected chi connectivity index (χ4v) is 3.15. The third-order valence-electron chi connectivity index (χ3n) is 3.34. The van der Waals surface area contributed by atoms with Gasteiger partial charge in [0.1, 0.15) is 5.69 Å². The number of nitrogens with zero attached hydrogens (tertiary/aromatic N) is 3. The van der Waals surface area contributed by atoms with E-state index in [1.165, 1.54) is 21.3 Å². The predicted molar refractivity (Wildman–Crippen MR) is 78.8 cm³/mol. The maximum absolute atomic E-state index is 4.45. The largest absolute Gasteiger partial charge is 0.338 e. The van der Waals surface area contributed by atoms with Gasteiger partial charge < -0.3 is 4.90 Å². The third kappa shape index (κ3) is 2.24. The number of rotatable bonds is 1. The first-order valence-electron chi connectivity index (χ1n) is 6.20. The number of aromatic nitrogens is 2. The van der Waals surface area contributed by atoms with Crippen molar-refractivity contribution in [2.24, 2.45) is 7.05 Å². The number of para-hydroxylation sites is 1. The first-order chi connectivity index (χ1) is 9.15. The van der Waals surface area contributed by atoms with E-state index in [-0.39, 0.29) is 0 Å². The van der Waals surface area contributed by atoms with Gasteiger partial charge in [-0.2, -0.15) is 0 Å². The summed E-state index contributed by atoms with van der Waals surface area (Å²) in [5, 5.41) is 1.21. The Morgan fingerprint density at radius 2 is 2.11 bits per heavy atom. The lowest BCUT2D eigenvalue weighted by molar-refractivity contribution is -0.680. The highest BCUT2D eigenvalue weighted by atomic mass is 32.2. The summed E-state index contributed by atoms with van der Waals surface area (Å²) in [5.41, 5.74) is 3.46. The van der Waals surface area contributed by atoms with Gasteiger partial charge in [0.05, 0.1) is 17.8 Å². The summed E-state index contributed by atoms with van der Waals surface area (Å²) >= 11 is 1.79. The van der Waals surface area contributed by atoms with Gasteiger partial charge in [-0.3, -0.25) is 0 Å². The van der Waals surface area contributed by atoms with E-state index in [2.05, 4.69) is 60.3 Å². The van der Waals surface area contributed by atoms with Crippen molar-refractivity contribution in [3.63, 3.8) is 0 Å². The van der Waals surface area contributed by atoms with Crippen LogP contribution in [0.3, 0.4) is 0 Å². The Labute approximate surface area is 117 Å². The minimum atomic E-state index is 0.998. The van der Waals surface area contributed by atoms with E-state index >= 15 is 0 Å². The molecule has 4 heteroatoms. The van der Waals surface area contributed by atoms with Gasteiger partial charge in [-0.1, -0.05) is 23.9 Å². The molecule has 0 aliphatic carbocycles. The average molecular weight is 270 g/mol. The van der Waals surface area contributed by atoms with E-state index in [4.69, 9.17) is 0 Å². The van der Waals surface area contributed by atoms with Gasteiger partial charge in [-0.05, 0) is 24.0 Å². The lowest BCUT2D eigenvalue weighted by Gasteiger charge is -2.12. The Morgan fingerprint density at radius 3 is 2.84 bits per heavy atom. The molecule has 19 heavy (non-hydrogen) atoms. The number of fused-ring (bicyclic) bond motifs is 1. The fraction of sp³-hybridized carbons (Fsp3) is 0.200. The first-order valence-corrected chi connectivity index (χ1v) is 7.01. The van der Waals surface area contributed by atoms with E-state index < -0.39 is 0 Å². The molecule has 0 fully saturated rings. The lowest BCUT2D eigenvalue weighted by atomic mass is 10.3. The van der Waals surface area contributed by atoms with Crippen LogP contribution in [-0.4, -0.2) is 12.0 Å². The molecule has 0 saturated carbocycles. The summed E-state index contributed by atoms with van der Waals surface area (Å²) in [6, 6.07) is 10.6. The molecule has 1 aliphatic rings. The van der Waals surface area contributed by atoms with E-state index in [1.54, 1.807) is 11.8 Å². The van der Waals surface area contributed by atoms with E-state index in [0.717, 1.165) is 5.69 Å². The average Bonchev–Trinajstić information content (AvgIpc) is 2.72. The van der Waals surface area contributed by atoms with Crippen molar-refractivity contribution in [2.75, 3.05) is 11.9 Å². The Hall–Kier alpha value is -1.81. The minimum Gasteiger partial charge on any atom is -0.338 e. The summed E-state index contributed by atoms with van der Waals surface area (Å²) in [4.78, 5) is 7.96. The van der Waals surface area contributed by atoms with Crippen molar-refractivity contribution >= 4 is 23.5 Å². The molecule has 96 valence electrons. The number of anilines is 1. The molecule has 0 atom stereocenters. The zero-order valence-electron chi connectivity index (χ0n) is 11.3. The van der Waals surface area contributed by atoms with E-state index in [0.29, 0.717) is 0 Å². The second kappa shape index (κ2) is 4.70. The summed E-state index contributed by atoms with van der Waals surface area (Å²) in [7, 11) is 4.10. The van der Waals surface area contributed by atoms with Crippen molar-refractivity contribution in [1.82, 2.24) is 4.98 Å². The van der Waals surface area contributed by atoms with Crippen molar-refractivity contribution in [3.8, 4) is 0 Å². The van der Waals surface area contributed by atoms with Crippen LogP contribution in [-0.2, 0) is 7.05 Å². The van der Waals surface area contributed by atoms with Crippen LogP contribution in [0.15, 0.2) is 46.6 Å². The van der Waals surface area contributed by atoms with Crippen molar-refractivity contribution in [2.45, 2.75) is 11.8 Å². The summed E-state index contributed by atoms with van der Waals surface area (Å²) in [6.45, 7) is 2.09. The number of hydrogen-bond acceptors (Lipinski definition) is 3. The monoisotopic (exact) mass is 270 g/mol. The van der Waals surface area contributed by atoms with Gasteiger partial charge in [-0.15, -0.1) is 0 Å². The Morgan fingerprint density at radius 1 is 1.32 bits per heavy atom. The van der Waals surface area contributed by atoms with Crippen molar-refractivity contribution in [3.05, 3.63) is 53.1 Å². The summed E-state index contributed by atoms with van der Waals surface area (Å²) in [5.74, 6) is 0. The SMILES string of the molecule is Cc1cc(C=C2Sc3ccccc3N2C)nc[n+]1C. The molecule has 3 nitrogen and oxygen atoms in total. The van der Waals surface area contributed by atoms with Crippen molar-refractivity contribution in [1.29, 1.82) is 0 Å². The summed E-state index contributed by atoms with van der Waals surface area (Å²) in [6.07, 6.45) is 3.99. The van der Waals surface area contributed by atoms with Crippen LogP contribution in [0.4, 0.5) is 5.69 Å². The van der Waals surface area contributed by atoms with Crippen LogP contribution in [0.1, 0.15) is 11.4 Å². The molecule has 0 bridgehead atoms. The predicted octanol–water partition coefficient (Wildman–Crippen LogP) is 2.76. The molecule has 1 aliphatic heterocycles. The second-order valence-corrected chi connectivity index (χ2v) is 5.74. The van der Waals surface area contributed by atoms with Crippen LogP contribution in [0.5, 0.6) is 0 Å². The van der Waals surface area contributed by atoms with E-state index in [9.17, 15) is 0 Å². The topological polar surface area (TPSA) is 20.0 Å². The highest BCUT2D eigenvalue weighted by molar-refractivity contribution is 8.03. The first kappa shape index (κ1) is 12.2. The maximum Gasteiger partial charge on any atom is 0.286 e. The van der Waals surface area contributed by atoms with Crippen LogP contribution >= 0.6 is 11.8 Å². The highest BCUT2D eigenvalue weighted by Crippen LogP contribution is 2.45. The molecule has 0 radical (unpaired) electrons. The smallest absolute Gasteiger partial charge is 0.286 e. The van der Waals surface area contributed by atoms with Crippen LogP contribution in [0.25, 0.3) is 6.08 Å². The minimum absolute atomic E-state index is 0.998. The number of hydrogen-bond donors (Lipinski definition) is 0. The van der Waals surface area contributed by atoms with E-state index in [1.807, 2.05) is 17.9 Å². The van der Waals surface area contributed by atoms with Crippen LogP contribution < -0.4 is 9.47 Å². The third-order valence-corrected chi connectivity index (χ3v) is 4.50. The Bertz CT molecular complexity index is 664. The van der Waals surface area contributed by atoms with Gasteiger partial charge in [-0.25, -0.2) is 4.57 Å². The quantitative estimate of drug-likeness (QED) is 0.743. The molecule has 2 heterocycles. The number of aryl methyl sites for hydroxylation is 2. The van der Waals surface area contributed by atoms with Gasteiger partial charge in [0.15, 0.2) is 5.69 Å². The summed E-state index contributed by atoms with van der Waals surface area (Å²) < 4.78 is 2.02. The van der Waals surface area contributed by atoms with Gasteiger partial charge in [0.25, 0.3) is 6.33 Å². The molecule has 0 amide bonds. The molecule has 0 unspecified atom stereocenters. The maximum atomic E-state index is 4.45. The zero-order chi connectivity index (χ0) is 13.4. The highest BCUT2D eigenvalue weighted by Gasteiger charge is 2.21. The van der Waals surface area contributed by atoms with Gasteiger partial charge in [0, 0.05) is 24.1 Å². The number of thioether (sulfide) groups is 1. The second-order valence-electron chi connectivity index (χ2n) is 4.68. The zero-order valence-corrected chi connectivity index (χ0v) is 12.1. The molecular formula is C15H16N3S+. The fourth-order valence-electron chi connectivity index (χ4n) is 2.05. The van der Waals surface area contributed by atoms with Crippen molar-refractivity contribution < 1.29 is 4.57 Å². The number of benzene rings is 1. The standard InChI is InChI=1S/C15H16N3S/c1-11-8-12(16-10-17(11)2)9-15-18(3)13-6-4-5-7-14(13)19-15/h4-10H,1-3H3/q+1. The molecular weight excluding hydrogens is 254 g/mol. The molecule has 2 aromatic rings. The molecule has 1 aromatic carbocycles. The molecule has 3 rings (SSSR count). The molecule has 0 N–H and O–H groups in total. The van der Waals surface area contributed by atoms with Gasteiger partial charge in [0.2, 0.25) is 0 Å². The molecule has 0 saturated heterocycles. The molecule has 1 aromatic heterocycles. The normalized spacial score (nSPS) is 15.9. The molecule has 0 spiro atoms. The Kier molecular flexibility index (Phi) is 3.03. The van der Waals surface area contributed by atoms with Crippen LogP contribution in [0, 0.1) is 6.92 Å². The van der Waals surface area contributed by atoms with Gasteiger partial charge >= 0.3 is 0 Å². The lowest BCUT2D eigenvalue weighted by Crippen LogP contribution is -2.32. The van der Waals surface area contributed by atoms with Crippen LogP contribution in [0.2, 0.25) is 0 Å². The Balaban J connectivity index is 1.96.